The van der Waals surface area contributed by atoms with Gasteiger partial charge in [-0.25, -0.2) is 13.2 Å². The number of halogens is 1. The van der Waals surface area contributed by atoms with Gasteiger partial charge in [0.05, 0.1) is 16.2 Å². The van der Waals surface area contributed by atoms with E-state index < -0.39 is 15.8 Å². The lowest BCUT2D eigenvalue weighted by Crippen LogP contribution is -2.11. The van der Waals surface area contributed by atoms with Crippen LogP contribution in [0.25, 0.3) is 0 Å². The van der Waals surface area contributed by atoms with Crippen molar-refractivity contribution in [1.82, 2.24) is 0 Å². The van der Waals surface area contributed by atoms with Gasteiger partial charge in [-0.15, -0.1) is 0 Å². The number of hydrogen-bond donors (Lipinski definition) is 1. The quantitative estimate of drug-likeness (QED) is 0.836. The zero-order valence-corrected chi connectivity index (χ0v) is 13.2. The highest BCUT2D eigenvalue weighted by Crippen LogP contribution is 2.19. The highest BCUT2D eigenvalue weighted by atomic mass is 79.9. The van der Waals surface area contributed by atoms with Gasteiger partial charge in [-0.1, -0.05) is 28.1 Å². The van der Waals surface area contributed by atoms with Crippen molar-refractivity contribution >= 4 is 31.7 Å². The molecule has 0 aliphatic carbocycles. The van der Waals surface area contributed by atoms with Crippen LogP contribution >= 0.6 is 15.9 Å². The number of carbonyl (C=O) groups excluding carboxylic acids is 1. The first-order chi connectivity index (χ1) is 9.92. The fraction of sp³-hybridized carbons (Fsp3) is 0.0714. The van der Waals surface area contributed by atoms with Crippen molar-refractivity contribution in [3.63, 3.8) is 0 Å². The molecule has 0 bridgehead atoms. The van der Waals surface area contributed by atoms with Crippen LogP contribution in [0.3, 0.4) is 0 Å². The average molecular weight is 370 g/mol. The molecule has 0 amide bonds. The van der Waals surface area contributed by atoms with Crippen molar-refractivity contribution in [2.45, 2.75) is 10.6 Å². The van der Waals surface area contributed by atoms with E-state index >= 15 is 0 Å². The van der Waals surface area contributed by atoms with Crippen LogP contribution in [0.1, 0.15) is 15.9 Å². The third-order valence-electron chi connectivity index (χ3n) is 2.80. The molecule has 7 heteroatoms. The van der Waals surface area contributed by atoms with Crippen LogP contribution in [0.5, 0.6) is 0 Å². The van der Waals surface area contributed by atoms with Gasteiger partial charge >= 0.3 is 5.97 Å². The van der Waals surface area contributed by atoms with Crippen molar-refractivity contribution in [3.8, 4) is 0 Å². The van der Waals surface area contributed by atoms with E-state index in [4.69, 9.17) is 5.90 Å². The summed E-state index contributed by atoms with van der Waals surface area (Å²) in [6, 6.07) is 12.5. The Kier molecular flexibility index (Phi) is 4.76. The average Bonchev–Trinajstić information content (AvgIpc) is 2.46. The highest BCUT2D eigenvalue weighted by Gasteiger charge is 2.16. The summed E-state index contributed by atoms with van der Waals surface area (Å²) < 4.78 is 25.4. The zero-order chi connectivity index (χ0) is 15.5. The van der Waals surface area contributed by atoms with Gasteiger partial charge in [0.1, 0.15) is 0 Å². The third kappa shape index (κ3) is 3.90. The van der Waals surface area contributed by atoms with E-state index in [1.165, 1.54) is 24.3 Å². The van der Waals surface area contributed by atoms with Gasteiger partial charge in [0.2, 0.25) is 0 Å². The lowest BCUT2D eigenvalue weighted by atomic mass is 10.1. The van der Waals surface area contributed by atoms with Gasteiger partial charge in [-0.2, -0.15) is 5.90 Å². The van der Waals surface area contributed by atoms with E-state index in [1.54, 1.807) is 24.3 Å². The molecule has 0 aromatic heterocycles. The Balaban J connectivity index is 2.28. The van der Waals surface area contributed by atoms with Crippen LogP contribution in [0.2, 0.25) is 0 Å². The molecular weight excluding hydrogens is 358 g/mol. The highest BCUT2D eigenvalue weighted by molar-refractivity contribution is 9.10. The Hall–Kier alpha value is -1.70. The van der Waals surface area contributed by atoms with Crippen LogP contribution in [0.15, 0.2) is 57.9 Å². The van der Waals surface area contributed by atoms with Gasteiger partial charge in [-0.3, -0.25) is 0 Å². The third-order valence-corrected chi connectivity index (χ3v) is 5.03. The molecule has 2 rings (SSSR count). The van der Waals surface area contributed by atoms with Crippen LogP contribution in [-0.4, -0.2) is 14.4 Å². The molecule has 0 atom stereocenters. The van der Waals surface area contributed by atoms with Gasteiger partial charge in [0, 0.05) is 4.47 Å². The monoisotopic (exact) mass is 369 g/mol. The first kappa shape index (κ1) is 15.7. The number of hydrogen-bond acceptors (Lipinski definition) is 5. The van der Waals surface area contributed by atoms with E-state index in [0.29, 0.717) is 5.56 Å². The van der Waals surface area contributed by atoms with E-state index in [9.17, 15) is 13.2 Å². The number of nitrogens with two attached hydrogens (primary N) is 1. The maximum Gasteiger partial charge on any atom is 0.356 e. The predicted molar refractivity (Wildman–Crippen MR) is 81.1 cm³/mol. The van der Waals surface area contributed by atoms with Gasteiger partial charge < -0.3 is 4.84 Å². The molecular formula is C14H12BrNO4S. The minimum atomic E-state index is -3.48. The van der Waals surface area contributed by atoms with Gasteiger partial charge in [0.15, 0.2) is 9.84 Å². The van der Waals surface area contributed by atoms with Crippen molar-refractivity contribution < 1.29 is 18.0 Å². The summed E-state index contributed by atoms with van der Waals surface area (Å²) in [5.41, 5.74) is 0.696. The lowest BCUT2D eigenvalue weighted by Gasteiger charge is -2.06. The molecule has 2 aromatic carbocycles. The fourth-order valence-electron chi connectivity index (χ4n) is 1.80. The molecule has 0 radical (unpaired) electrons. The summed E-state index contributed by atoms with van der Waals surface area (Å²) >= 11 is 3.25. The SMILES string of the molecule is NOC(=O)c1cccc(CS(=O)(=O)c2ccc(Br)cc2)c1. The summed E-state index contributed by atoms with van der Waals surface area (Å²) in [5.74, 6) is 3.90. The van der Waals surface area contributed by atoms with Crippen molar-refractivity contribution in [1.29, 1.82) is 0 Å². The van der Waals surface area contributed by atoms with E-state index in [0.717, 1.165) is 4.47 Å². The molecule has 2 aromatic rings. The largest absolute Gasteiger partial charge is 0.370 e. The molecule has 0 saturated carbocycles. The molecule has 0 fully saturated rings. The number of carbonyl (C=O) groups is 1. The van der Waals surface area contributed by atoms with Gasteiger partial charge in [-0.05, 0) is 42.0 Å². The maximum atomic E-state index is 12.3. The molecule has 0 aliphatic heterocycles. The van der Waals surface area contributed by atoms with E-state index in [2.05, 4.69) is 20.8 Å². The second kappa shape index (κ2) is 6.38. The minimum Gasteiger partial charge on any atom is -0.370 e. The van der Waals surface area contributed by atoms with Gasteiger partial charge in [0.25, 0.3) is 0 Å². The van der Waals surface area contributed by atoms with Crippen LogP contribution < -0.4 is 5.90 Å². The second-order valence-electron chi connectivity index (χ2n) is 4.32. The van der Waals surface area contributed by atoms with Crippen molar-refractivity contribution in [3.05, 3.63) is 64.1 Å². The summed E-state index contributed by atoms with van der Waals surface area (Å²) in [7, 11) is -3.48. The summed E-state index contributed by atoms with van der Waals surface area (Å²) in [4.78, 5) is 15.7. The molecule has 2 N–H and O–H groups in total. The Morgan fingerprint density at radius 3 is 2.43 bits per heavy atom. The minimum absolute atomic E-state index is 0.208. The lowest BCUT2D eigenvalue weighted by molar-refractivity contribution is 0.0503. The number of sulfone groups is 1. The summed E-state index contributed by atoms with van der Waals surface area (Å²) in [6.45, 7) is 0. The predicted octanol–water partition coefficient (Wildman–Crippen LogP) is 2.45. The van der Waals surface area contributed by atoms with Crippen molar-refractivity contribution in [2.24, 2.45) is 5.90 Å². The van der Waals surface area contributed by atoms with Crippen LogP contribution in [0.4, 0.5) is 0 Å². The molecule has 0 spiro atoms. The standard InChI is InChI=1S/C14H12BrNO4S/c15-12-4-6-13(7-5-12)21(18,19)9-10-2-1-3-11(8-10)14(17)20-16/h1-8H,9,16H2. The molecule has 0 aliphatic rings. The Bertz CT molecular complexity index is 757. The Labute approximate surface area is 130 Å². The molecule has 21 heavy (non-hydrogen) atoms. The first-order valence-electron chi connectivity index (χ1n) is 5.91. The molecule has 110 valence electrons. The summed E-state index contributed by atoms with van der Waals surface area (Å²) in [6.07, 6.45) is 0. The Morgan fingerprint density at radius 1 is 1.14 bits per heavy atom. The van der Waals surface area contributed by atoms with E-state index in [1.807, 2.05) is 0 Å². The van der Waals surface area contributed by atoms with Crippen LogP contribution in [-0.2, 0) is 20.4 Å². The molecule has 0 unspecified atom stereocenters. The van der Waals surface area contributed by atoms with Crippen molar-refractivity contribution in [2.75, 3.05) is 0 Å². The zero-order valence-electron chi connectivity index (χ0n) is 10.8. The first-order valence-corrected chi connectivity index (χ1v) is 8.35. The second-order valence-corrected chi connectivity index (χ2v) is 7.22. The summed E-state index contributed by atoms with van der Waals surface area (Å²) in [5, 5.41) is 0. The fourth-order valence-corrected chi connectivity index (χ4v) is 3.40. The number of benzene rings is 2. The Morgan fingerprint density at radius 2 is 1.81 bits per heavy atom. The number of rotatable bonds is 4. The van der Waals surface area contributed by atoms with Crippen LogP contribution in [0, 0.1) is 0 Å². The molecule has 0 saturated heterocycles. The smallest absolute Gasteiger partial charge is 0.356 e. The normalized spacial score (nSPS) is 11.1. The maximum absolute atomic E-state index is 12.3. The molecule has 0 heterocycles. The molecule has 5 nitrogen and oxygen atoms in total. The van der Waals surface area contributed by atoms with E-state index in [-0.39, 0.29) is 16.2 Å². The topological polar surface area (TPSA) is 86.5 Å².